The Bertz CT molecular complexity index is 449. The molecular weight excluding hydrogens is 230 g/mol. The average molecular weight is 242 g/mol. The van der Waals surface area contributed by atoms with Gasteiger partial charge in [-0.3, -0.25) is 4.68 Å². The van der Waals surface area contributed by atoms with Crippen molar-refractivity contribution < 1.29 is 0 Å². The Morgan fingerprint density at radius 2 is 2.33 bits per heavy atom. The smallest absolute Gasteiger partial charge is 0.0931 e. The number of aryl methyl sites for hydroxylation is 1. The van der Waals surface area contributed by atoms with E-state index >= 15 is 0 Å². The van der Waals surface area contributed by atoms with Gasteiger partial charge in [-0.05, 0) is 18.2 Å². The highest BCUT2D eigenvalue weighted by molar-refractivity contribution is 7.16. The Hall–Kier alpha value is -0.840. The van der Waals surface area contributed by atoms with Crippen LogP contribution in [0.15, 0.2) is 24.4 Å². The Kier molecular flexibility index (Phi) is 3.09. The largest absolute Gasteiger partial charge is 0.322 e. The summed E-state index contributed by atoms with van der Waals surface area (Å²) in [5.74, 6) is 0. The first-order valence-corrected chi connectivity index (χ1v) is 5.84. The van der Waals surface area contributed by atoms with Crippen LogP contribution >= 0.6 is 22.9 Å². The van der Waals surface area contributed by atoms with Gasteiger partial charge in [-0.15, -0.1) is 11.3 Å². The molecule has 0 saturated heterocycles. The van der Waals surface area contributed by atoms with E-state index in [9.17, 15) is 0 Å². The number of halogens is 1. The van der Waals surface area contributed by atoms with Crippen LogP contribution in [0.1, 0.15) is 16.6 Å². The molecule has 0 aliphatic carbocycles. The van der Waals surface area contributed by atoms with Crippen molar-refractivity contribution in [1.29, 1.82) is 0 Å². The van der Waals surface area contributed by atoms with E-state index in [0.29, 0.717) is 0 Å². The molecule has 0 aliphatic rings. The summed E-state index contributed by atoms with van der Waals surface area (Å²) in [7, 11) is 1.89. The zero-order valence-corrected chi connectivity index (χ0v) is 9.92. The van der Waals surface area contributed by atoms with Crippen molar-refractivity contribution in [2.75, 3.05) is 0 Å². The van der Waals surface area contributed by atoms with E-state index in [-0.39, 0.29) is 6.04 Å². The molecule has 0 radical (unpaired) electrons. The molecule has 2 aromatic heterocycles. The number of nitrogens with two attached hydrogens (primary N) is 1. The summed E-state index contributed by atoms with van der Waals surface area (Å²) in [6.45, 7) is 0. The van der Waals surface area contributed by atoms with Crippen LogP contribution in [-0.2, 0) is 13.5 Å². The SMILES string of the molecule is Cn1ccc(C(N)Cc2ccc(Cl)s2)n1. The Morgan fingerprint density at radius 1 is 1.53 bits per heavy atom. The van der Waals surface area contributed by atoms with Crippen LogP contribution in [0.2, 0.25) is 4.34 Å². The molecule has 2 heterocycles. The third kappa shape index (κ3) is 2.59. The van der Waals surface area contributed by atoms with Gasteiger partial charge in [0.1, 0.15) is 0 Å². The lowest BCUT2D eigenvalue weighted by Gasteiger charge is -2.06. The highest BCUT2D eigenvalue weighted by Crippen LogP contribution is 2.24. The van der Waals surface area contributed by atoms with E-state index in [1.165, 1.54) is 4.88 Å². The summed E-state index contributed by atoms with van der Waals surface area (Å²) < 4.78 is 2.56. The van der Waals surface area contributed by atoms with Crippen LogP contribution in [0, 0.1) is 0 Å². The van der Waals surface area contributed by atoms with Gasteiger partial charge in [-0.25, -0.2) is 0 Å². The van der Waals surface area contributed by atoms with Crippen molar-refractivity contribution in [2.24, 2.45) is 12.8 Å². The van der Waals surface area contributed by atoms with E-state index in [4.69, 9.17) is 17.3 Å². The third-order valence-corrected chi connectivity index (χ3v) is 3.42. The van der Waals surface area contributed by atoms with E-state index in [1.807, 2.05) is 31.4 Å². The molecule has 1 atom stereocenters. The zero-order valence-electron chi connectivity index (χ0n) is 8.35. The minimum atomic E-state index is -0.0547. The van der Waals surface area contributed by atoms with Gasteiger partial charge in [0.15, 0.2) is 0 Å². The van der Waals surface area contributed by atoms with Crippen molar-refractivity contribution in [3.05, 3.63) is 39.3 Å². The van der Waals surface area contributed by atoms with Gasteiger partial charge in [0.05, 0.1) is 16.1 Å². The number of hydrogen-bond acceptors (Lipinski definition) is 3. The Labute approximate surface area is 97.5 Å². The first kappa shape index (κ1) is 10.7. The standard InChI is InChI=1S/C10H12ClN3S/c1-14-5-4-9(13-14)8(12)6-7-2-3-10(11)15-7/h2-5,8H,6,12H2,1H3. The molecule has 2 N–H and O–H groups in total. The molecule has 0 fully saturated rings. The van der Waals surface area contributed by atoms with Gasteiger partial charge >= 0.3 is 0 Å². The molecule has 5 heteroatoms. The predicted molar refractivity (Wildman–Crippen MR) is 63.2 cm³/mol. The summed E-state index contributed by atoms with van der Waals surface area (Å²) in [5.41, 5.74) is 6.96. The molecule has 2 rings (SSSR count). The number of thiophene rings is 1. The molecule has 1 unspecified atom stereocenters. The zero-order chi connectivity index (χ0) is 10.8. The van der Waals surface area contributed by atoms with E-state index in [1.54, 1.807) is 16.0 Å². The number of nitrogens with zero attached hydrogens (tertiary/aromatic N) is 2. The summed E-state index contributed by atoms with van der Waals surface area (Å²) >= 11 is 7.42. The first-order chi connectivity index (χ1) is 7.15. The fraction of sp³-hybridized carbons (Fsp3) is 0.300. The molecule has 2 aromatic rings. The molecule has 0 spiro atoms. The van der Waals surface area contributed by atoms with Gasteiger partial charge in [0.25, 0.3) is 0 Å². The highest BCUT2D eigenvalue weighted by atomic mass is 35.5. The number of hydrogen-bond donors (Lipinski definition) is 1. The van der Waals surface area contributed by atoms with Gasteiger partial charge in [-0.2, -0.15) is 5.10 Å². The van der Waals surface area contributed by atoms with Gasteiger partial charge < -0.3 is 5.73 Å². The van der Waals surface area contributed by atoms with Crippen LogP contribution < -0.4 is 5.73 Å². The molecule has 0 aromatic carbocycles. The maximum Gasteiger partial charge on any atom is 0.0931 e. The molecular formula is C10H12ClN3S. The molecule has 80 valence electrons. The summed E-state index contributed by atoms with van der Waals surface area (Å²) in [6.07, 6.45) is 2.69. The Morgan fingerprint density at radius 3 is 2.87 bits per heavy atom. The number of rotatable bonds is 3. The van der Waals surface area contributed by atoms with Gasteiger partial charge in [0, 0.05) is 24.5 Å². The van der Waals surface area contributed by atoms with Gasteiger partial charge in [0.2, 0.25) is 0 Å². The fourth-order valence-corrected chi connectivity index (χ4v) is 2.56. The second-order valence-electron chi connectivity index (χ2n) is 3.43. The minimum absolute atomic E-state index is 0.0547. The molecule has 15 heavy (non-hydrogen) atoms. The second kappa shape index (κ2) is 4.35. The maximum absolute atomic E-state index is 6.04. The quantitative estimate of drug-likeness (QED) is 0.897. The average Bonchev–Trinajstić information content (AvgIpc) is 2.75. The molecule has 3 nitrogen and oxygen atoms in total. The van der Waals surface area contributed by atoms with Crippen molar-refractivity contribution in [2.45, 2.75) is 12.5 Å². The van der Waals surface area contributed by atoms with E-state index in [0.717, 1.165) is 16.5 Å². The van der Waals surface area contributed by atoms with Crippen LogP contribution in [0.3, 0.4) is 0 Å². The van der Waals surface area contributed by atoms with E-state index in [2.05, 4.69) is 5.10 Å². The third-order valence-electron chi connectivity index (χ3n) is 2.16. The van der Waals surface area contributed by atoms with Crippen LogP contribution in [0.5, 0.6) is 0 Å². The topological polar surface area (TPSA) is 43.8 Å². The molecule has 0 amide bonds. The molecule has 0 saturated carbocycles. The summed E-state index contributed by atoms with van der Waals surface area (Å²) in [4.78, 5) is 1.19. The molecule has 0 bridgehead atoms. The van der Waals surface area contributed by atoms with Crippen molar-refractivity contribution in [1.82, 2.24) is 9.78 Å². The summed E-state index contributed by atoms with van der Waals surface area (Å²) in [6, 6.07) is 5.79. The van der Waals surface area contributed by atoms with Crippen LogP contribution in [-0.4, -0.2) is 9.78 Å². The monoisotopic (exact) mass is 241 g/mol. The van der Waals surface area contributed by atoms with Crippen molar-refractivity contribution >= 4 is 22.9 Å². The maximum atomic E-state index is 6.04. The van der Waals surface area contributed by atoms with E-state index < -0.39 is 0 Å². The Balaban J connectivity index is 2.06. The molecule has 0 aliphatic heterocycles. The lowest BCUT2D eigenvalue weighted by molar-refractivity contribution is 0.661. The highest BCUT2D eigenvalue weighted by Gasteiger charge is 2.10. The normalized spacial score (nSPS) is 13.0. The van der Waals surface area contributed by atoms with Crippen molar-refractivity contribution in [3.63, 3.8) is 0 Å². The predicted octanol–water partition coefficient (Wildman–Crippen LogP) is 2.38. The number of aromatic nitrogens is 2. The minimum Gasteiger partial charge on any atom is -0.322 e. The van der Waals surface area contributed by atoms with Crippen LogP contribution in [0.4, 0.5) is 0 Å². The van der Waals surface area contributed by atoms with Gasteiger partial charge in [-0.1, -0.05) is 11.6 Å². The van der Waals surface area contributed by atoms with Crippen molar-refractivity contribution in [3.8, 4) is 0 Å². The van der Waals surface area contributed by atoms with Crippen LogP contribution in [0.25, 0.3) is 0 Å². The summed E-state index contributed by atoms with van der Waals surface area (Å²) in [5, 5.41) is 4.28. The second-order valence-corrected chi connectivity index (χ2v) is 5.23. The lowest BCUT2D eigenvalue weighted by atomic mass is 10.1. The first-order valence-electron chi connectivity index (χ1n) is 4.64. The lowest BCUT2D eigenvalue weighted by Crippen LogP contribution is -2.13. The fourth-order valence-electron chi connectivity index (χ4n) is 1.41.